The summed E-state index contributed by atoms with van der Waals surface area (Å²) in [7, 11) is 0. The van der Waals surface area contributed by atoms with Crippen molar-refractivity contribution in [3.8, 4) is 0 Å². The van der Waals surface area contributed by atoms with Gasteiger partial charge in [0.25, 0.3) is 0 Å². The Morgan fingerprint density at radius 3 is 2.80 bits per heavy atom. The number of rotatable bonds is 3. The van der Waals surface area contributed by atoms with Crippen LogP contribution in [0.1, 0.15) is 32.8 Å². The smallest absolute Gasteiger partial charge is 0.221 e. The van der Waals surface area contributed by atoms with Crippen molar-refractivity contribution in [1.82, 2.24) is 0 Å². The van der Waals surface area contributed by atoms with Gasteiger partial charge >= 0.3 is 0 Å². The SMILES string of the molecule is CC(=O)Nc1cc(NC2CSCCC2(C)C)ccc1C. The average molecular weight is 292 g/mol. The minimum Gasteiger partial charge on any atom is -0.381 e. The predicted octanol–water partition coefficient (Wildman–Crippen LogP) is 3.90. The van der Waals surface area contributed by atoms with E-state index in [1.807, 2.05) is 24.8 Å². The van der Waals surface area contributed by atoms with Crippen molar-refractivity contribution in [2.75, 3.05) is 22.1 Å². The molecule has 0 aliphatic carbocycles. The molecular formula is C16H24N2OS. The Morgan fingerprint density at radius 1 is 1.40 bits per heavy atom. The van der Waals surface area contributed by atoms with E-state index in [0.29, 0.717) is 11.5 Å². The first kappa shape index (κ1) is 15.2. The van der Waals surface area contributed by atoms with Gasteiger partial charge in [0.1, 0.15) is 0 Å². The number of nitrogens with one attached hydrogen (secondary N) is 2. The third-order valence-electron chi connectivity index (χ3n) is 4.01. The number of anilines is 2. The molecule has 0 bridgehead atoms. The highest BCUT2D eigenvalue weighted by Gasteiger charge is 2.32. The average Bonchev–Trinajstić information content (AvgIpc) is 2.35. The Bertz CT molecular complexity index is 499. The molecule has 1 unspecified atom stereocenters. The first-order valence-corrected chi connectivity index (χ1v) is 8.26. The van der Waals surface area contributed by atoms with E-state index in [4.69, 9.17) is 0 Å². The number of hydrogen-bond acceptors (Lipinski definition) is 3. The largest absolute Gasteiger partial charge is 0.381 e. The highest BCUT2D eigenvalue weighted by Crippen LogP contribution is 2.36. The lowest BCUT2D eigenvalue weighted by Crippen LogP contribution is -2.41. The molecule has 1 heterocycles. The van der Waals surface area contributed by atoms with E-state index in [1.165, 1.54) is 12.2 Å². The van der Waals surface area contributed by atoms with E-state index in [0.717, 1.165) is 22.7 Å². The minimum atomic E-state index is -0.0289. The van der Waals surface area contributed by atoms with Crippen molar-refractivity contribution in [1.29, 1.82) is 0 Å². The number of carbonyl (C=O) groups excluding carboxylic acids is 1. The summed E-state index contributed by atoms with van der Waals surface area (Å²) in [6, 6.07) is 6.65. The number of hydrogen-bond donors (Lipinski definition) is 2. The summed E-state index contributed by atoms with van der Waals surface area (Å²) in [6.45, 7) is 8.20. The molecule has 2 N–H and O–H groups in total. The van der Waals surface area contributed by atoms with Gasteiger partial charge in [-0.2, -0.15) is 11.8 Å². The molecule has 0 aromatic heterocycles. The molecule has 1 aromatic carbocycles. The van der Waals surface area contributed by atoms with Crippen molar-refractivity contribution in [2.24, 2.45) is 5.41 Å². The van der Waals surface area contributed by atoms with Gasteiger partial charge in [-0.25, -0.2) is 0 Å². The summed E-state index contributed by atoms with van der Waals surface area (Å²) < 4.78 is 0. The van der Waals surface area contributed by atoms with Crippen LogP contribution >= 0.6 is 11.8 Å². The van der Waals surface area contributed by atoms with Crippen LogP contribution in [-0.2, 0) is 4.79 Å². The lowest BCUT2D eigenvalue weighted by atomic mass is 9.82. The molecule has 2 rings (SSSR count). The predicted molar refractivity (Wildman–Crippen MR) is 88.6 cm³/mol. The quantitative estimate of drug-likeness (QED) is 0.888. The second-order valence-corrected chi connectivity index (χ2v) is 7.37. The van der Waals surface area contributed by atoms with Gasteiger partial charge in [-0.15, -0.1) is 0 Å². The minimum absolute atomic E-state index is 0.0289. The fourth-order valence-corrected chi connectivity index (χ4v) is 4.02. The fourth-order valence-electron chi connectivity index (χ4n) is 2.41. The zero-order valence-electron chi connectivity index (χ0n) is 12.7. The van der Waals surface area contributed by atoms with Gasteiger partial charge in [0.15, 0.2) is 0 Å². The summed E-state index contributed by atoms with van der Waals surface area (Å²) >= 11 is 2.01. The third kappa shape index (κ3) is 3.69. The Balaban J connectivity index is 2.14. The summed E-state index contributed by atoms with van der Waals surface area (Å²) in [4.78, 5) is 11.2. The molecule has 1 aromatic rings. The molecule has 1 aliphatic rings. The zero-order valence-corrected chi connectivity index (χ0v) is 13.6. The Hall–Kier alpha value is -1.16. The maximum Gasteiger partial charge on any atom is 0.221 e. The molecule has 110 valence electrons. The van der Waals surface area contributed by atoms with E-state index in [1.54, 1.807) is 6.92 Å². The van der Waals surface area contributed by atoms with E-state index in [9.17, 15) is 4.79 Å². The van der Waals surface area contributed by atoms with Crippen LogP contribution in [0.15, 0.2) is 18.2 Å². The summed E-state index contributed by atoms with van der Waals surface area (Å²) in [5.74, 6) is 2.35. The van der Waals surface area contributed by atoms with Gasteiger partial charge < -0.3 is 10.6 Å². The molecule has 1 aliphatic heterocycles. The van der Waals surface area contributed by atoms with Crippen molar-refractivity contribution < 1.29 is 4.79 Å². The Labute approximate surface area is 125 Å². The summed E-state index contributed by atoms with van der Waals surface area (Å²) in [5.41, 5.74) is 3.37. The standard InChI is InChI=1S/C16H24N2OS/c1-11-5-6-13(9-14(11)17-12(2)19)18-15-10-20-8-7-16(15,3)4/h5-6,9,15,18H,7-8,10H2,1-4H3,(H,17,19). The van der Waals surface area contributed by atoms with Crippen LogP contribution in [0, 0.1) is 12.3 Å². The van der Waals surface area contributed by atoms with Gasteiger partial charge in [-0.1, -0.05) is 19.9 Å². The second-order valence-electron chi connectivity index (χ2n) is 6.22. The van der Waals surface area contributed by atoms with Crippen LogP contribution in [-0.4, -0.2) is 23.5 Å². The van der Waals surface area contributed by atoms with E-state index < -0.39 is 0 Å². The van der Waals surface area contributed by atoms with Crippen molar-refractivity contribution in [2.45, 2.75) is 40.2 Å². The van der Waals surface area contributed by atoms with Gasteiger partial charge in [0.05, 0.1) is 0 Å². The second kappa shape index (κ2) is 6.08. The first-order valence-electron chi connectivity index (χ1n) is 7.11. The van der Waals surface area contributed by atoms with Gasteiger partial charge in [0, 0.05) is 30.1 Å². The lowest BCUT2D eigenvalue weighted by Gasteiger charge is -2.39. The van der Waals surface area contributed by atoms with Gasteiger partial charge in [-0.3, -0.25) is 4.79 Å². The molecule has 0 radical (unpaired) electrons. The van der Waals surface area contributed by atoms with Crippen molar-refractivity contribution in [3.63, 3.8) is 0 Å². The third-order valence-corrected chi connectivity index (χ3v) is 5.07. The molecule has 1 atom stereocenters. The molecule has 1 saturated heterocycles. The number of amides is 1. The molecule has 1 amide bonds. The van der Waals surface area contributed by atoms with Crippen LogP contribution in [0.5, 0.6) is 0 Å². The number of thioether (sulfide) groups is 1. The van der Waals surface area contributed by atoms with Gasteiger partial charge in [-0.05, 0) is 42.2 Å². The normalized spacial score (nSPS) is 21.3. The number of carbonyl (C=O) groups is 1. The highest BCUT2D eigenvalue weighted by atomic mass is 32.2. The molecule has 0 spiro atoms. The monoisotopic (exact) mass is 292 g/mol. The lowest BCUT2D eigenvalue weighted by molar-refractivity contribution is -0.114. The van der Waals surface area contributed by atoms with Crippen molar-refractivity contribution in [3.05, 3.63) is 23.8 Å². The first-order chi connectivity index (χ1) is 9.38. The highest BCUT2D eigenvalue weighted by molar-refractivity contribution is 7.99. The molecule has 20 heavy (non-hydrogen) atoms. The van der Waals surface area contributed by atoms with E-state index >= 15 is 0 Å². The maximum absolute atomic E-state index is 11.2. The van der Waals surface area contributed by atoms with Crippen LogP contribution < -0.4 is 10.6 Å². The van der Waals surface area contributed by atoms with Crippen LogP contribution in [0.3, 0.4) is 0 Å². The maximum atomic E-state index is 11.2. The zero-order chi connectivity index (χ0) is 14.8. The Morgan fingerprint density at radius 2 is 2.15 bits per heavy atom. The van der Waals surface area contributed by atoms with E-state index in [-0.39, 0.29) is 5.91 Å². The number of benzene rings is 1. The molecule has 3 nitrogen and oxygen atoms in total. The molecular weight excluding hydrogens is 268 g/mol. The fraction of sp³-hybridized carbons (Fsp3) is 0.562. The van der Waals surface area contributed by atoms with Crippen LogP contribution in [0.4, 0.5) is 11.4 Å². The van der Waals surface area contributed by atoms with Crippen LogP contribution in [0.2, 0.25) is 0 Å². The van der Waals surface area contributed by atoms with Crippen LogP contribution in [0.25, 0.3) is 0 Å². The number of aryl methyl sites for hydroxylation is 1. The van der Waals surface area contributed by atoms with Gasteiger partial charge in [0.2, 0.25) is 5.91 Å². The topological polar surface area (TPSA) is 41.1 Å². The summed E-state index contributed by atoms with van der Waals surface area (Å²) in [6.07, 6.45) is 1.24. The van der Waals surface area contributed by atoms with Crippen molar-refractivity contribution >= 4 is 29.0 Å². The Kier molecular flexibility index (Phi) is 4.63. The molecule has 0 saturated carbocycles. The molecule has 4 heteroatoms. The summed E-state index contributed by atoms with van der Waals surface area (Å²) in [5, 5.41) is 6.53. The molecule has 1 fully saturated rings. The van der Waals surface area contributed by atoms with E-state index in [2.05, 4.69) is 36.6 Å².